The minimum absolute atomic E-state index is 0.0910. The van der Waals surface area contributed by atoms with Crippen LogP contribution >= 0.6 is 0 Å². The Kier molecular flexibility index (Phi) is 12.2. The number of hydrogen-bond donors (Lipinski definition) is 0. The number of aryl methyl sites for hydroxylation is 3. The van der Waals surface area contributed by atoms with Gasteiger partial charge in [0.25, 0.3) is 0 Å². The molecule has 1 aliphatic carbocycles. The third-order valence-electron chi connectivity index (χ3n) is 6.91. The number of nitrogens with zero attached hydrogens (tertiary/aromatic N) is 1. The lowest BCUT2D eigenvalue weighted by molar-refractivity contribution is 0.385. The highest BCUT2D eigenvalue weighted by molar-refractivity contribution is 5.68. The van der Waals surface area contributed by atoms with E-state index >= 15 is 0 Å². The zero-order valence-corrected chi connectivity index (χ0v) is 23.8. The van der Waals surface area contributed by atoms with Crippen LogP contribution in [-0.4, -0.2) is 4.57 Å². The molecule has 1 heterocycles. The lowest BCUT2D eigenvalue weighted by atomic mass is 9.91. The van der Waals surface area contributed by atoms with E-state index in [9.17, 15) is 4.39 Å². The zero-order valence-electron chi connectivity index (χ0n) is 23.8. The smallest absolute Gasteiger partial charge is 0.126 e. The van der Waals surface area contributed by atoms with Gasteiger partial charge in [-0.2, -0.15) is 0 Å². The minimum atomic E-state index is -0.0910. The molecule has 0 N–H and O–H groups in total. The molecule has 2 aromatic carbocycles. The summed E-state index contributed by atoms with van der Waals surface area (Å²) >= 11 is 0. The number of benzene rings is 2. The van der Waals surface area contributed by atoms with Crippen LogP contribution in [0.2, 0.25) is 0 Å². The lowest BCUT2D eigenvalue weighted by Gasteiger charge is -2.15. The summed E-state index contributed by atoms with van der Waals surface area (Å²) in [4.78, 5) is 0. The quantitative estimate of drug-likeness (QED) is 0.336. The monoisotopic (exact) mass is 489 g/mol. The number of rotatable bonds is 5. The van der Waals surface area contributed by atoms with Gasteiger partial charge in [0.15, 0.2) is 0 Å². The van der Waals surface area contributed by atoms with Crippen molar-refractivity contribution in [1.82, 2.24) is 4.57 Å². The van der Waals surface area contributed by atoms with Gasteiger partial charge in [0.2, 0.25) is 0 Å². The molecule has 0 radical (unpaired) electrons. The fraction of sp³-hybridized carbons (Fsp3) is 0.471. The largest absolute Gasteiger partial charge is 0.357 e. The maximum absolute atomic E-state index is 13.9. The third-order valence-corrected chi connectivity index (χ3v) is 6.91. The molecule has 196 valence electrons. The molecule has 0 saturated heterocycles. The predicted molar refractivity (Wildman–Crippen MR) is 157 cm³/mol. The van der Waals surface area contributed by atoms with Crippen LogP contribution in [0.3, 0.4) is 0 Å². The Bertz CT molecular complexity index is 1080. The molecule has 1 aromatic heterocycles. The van der Waals surface area contributed by atoms with E-state index in [-0.39, 0.29) is 5.82 Å². The minimum Gasteiger partial charge on any atom is -0.357 e. The van der Waals surface area contributed by atoms with Gasteiger partial charge in [-0.1, -0.05) is 90.6 Å². The zero-order chi connectivity index (χ0) is 26.7. The van der Waals surface area contributed by atoms with E-state index in [1.165, 1.54) is 54.4 Å². The van der Waals surface area contributed by atoms with Crippen molar-refractivity contribution in [2.45, 2.75) is 86.5 Å². The van der Waals surface area contributed by atoms with Gasteiger partial charge in [-0.3, -0.25) is 0 Å². The van der Waals surface area contributed by atoms with Gasteiger partial charge in [-0.25, -0.2) is 4.39 Å². The maximum Gasteiger partial charge on any atom is 0.126 e. The molecule has 2 heteroatoms. The maximum atomic E-state index is 13.9. The molecule has 1 aliphatic rings. The highest BCUT2D eigenvalue weighted by atomic mass is 19.1. The summed E-state index contributed by atoms with van der Waals surface area (Å²) in [6.07, 6.45) is 13.3. The van der Waals surface area contributed by atoms with Crippen LogP contribution in [0.4, 0.5) is 4.39 Å². The van der Waals surface area contributed by atoms with Gasteiger partial charge in [0, 0.05) is 19.4 Å². The van der Waals surface area contributed by atoms with Crippen LogP contribution in [0.5, 0.6) is 0 Å². The molecular formula is C34H48FN. The predicted octanol–water partition coefficient (Wildman–Crippen LogP) is 10.2. The average Bonchev–Trinajstić information content (AvgIpc) is 3.29. The van der Waals surface area contributed by atoms with Gasteiger partial charge in [0.05, 0.1) is 0 Å². The summed E-state index contributed by atoms with van der Waals surface area (Å²) < 4.78 is 15.9. The highest BCUT2D eigenvalue weighted by Crippen LogP contribution is 2.28. The fourth-order valence-electron chi connectivity index (χ4n) is 4.60. The number of hydrogen-bond acceptors (Lipinski definition) is 0. The fourth-order valence-corrected chi connectivity index (χ4v) is 4.60. The molecule has 1 saturated carbocycles. The Morgan fingerprint density at radius 1 is 1.06 bits per heavy atom. The summed E-state index contributed by atoms with van der Waals surface area (Å²) in [5, 5.41) is 0. The summed E-state index contributed by atoms with van der Waals surface area (Å²) in [6.45, 7) is 16.7. The van der Waals surface area contributed by atoms with Crippen molar-refractivity contribution in [3.05, 3.63) is 89.5 Å². The van der Waals surface area contributed by atoms with E-state index in [2.05, 4.69) is 71.7 Å². The molecule has 4 rings (SSSR count). The summed E-state index contributed by atoms with van der Waals surface area (Å²) in [6, 6.07) is 14.1. The first-order valence-corrected chi connectivity index (χ1v) is 13.8. The van der Waals surface area contributed by atoms with Crippen molar-refractivity contribution >= 4 is 5.57 Å². The van der Waals surface area contributed by atoms with Crippen molar-refractivity contribution in [2.75, 3.05) is 0 Å². The van der Waals surface area contributed by atoms with Gasteiger partial charge in [-0.15, -0.1) is 0 Å². The van der Waals surface area contributed by atoms with Crippen LogP contribution in [0.1, 0.15) is 89.0 Å². The van der Waals surface area contributed by atoms with Crippen molar-refractivity contribution in [3.63, 3.8) is 0 Å². The van der Waals surface area contributed by atoms with Gasteiger partial charge >= 0.3 is 0 Å². The first-order chi connectivity index (χ1) is 17.1. The Balaban J connectivity index is 0.000000233. The van der Waals surface area contributed by atoms with Crippen molar-refractivity contribution < 1.29 is 4.39 Å². The van der Waals surface area contributed by atoms with E-state index < -0.39 is 0 Å². The summed E-state index contributed by atoms with van der Waals surface area (Å²) in [7, 11) is 2.01. The molecule has 3 aromatic rings. The van der Waals surface area contributed by atoms with Crippen LogP contribution < -0.4 is 0 Å². The van der Waals surface area contributed by atoms with Crippen molar-refractivity contribution in [2.24, 2.45) is 18.9 Å². The Labute approximate surface area is 220 Å². The van der Waals surface area contributed by atoms with Crippen molar-refractivity contribution in [3.8, 4) is 11.1 Å². The molecule has 0 spiro atoms. The van der Waals surface area contributed by atoms with Crippen LogP contribution in [-0.2, 0) is 19.9 Å². The molecule has 1 nitrogen and oxygen atoms in total. The van der Waals surface area contributed by atoms with E-state index in [1.807, 2.05) is 36.9 Å². The van der Waals surface area contributed by atoms with E-state index in [1.54, 1.807) is 6.07 Å². The Hall–Kier alpha value is -2.61. The van der Waals surface area contributed by atoms with Gasteiger partial charge in [-0.05, 0) is 95.7 Å². The van der Waals surface area contributed by atoms with Gasteiger partial charge < -0.3 is 4.57 Å². The highest BCUT2D eigenvalue weighted by Gasteiger charge is 2.09. The molecule has 1 fully saturated rings. The van der Waals surface area contributed by atoms with Crippen molar-refractivity contribution in [1.29, 1.82) is 0 Å². The summed E-state index contributed by atoms with van der Waals surface area (Å²) in [5.74, 6) is 1.41. The molecule has 0 unspecified atom stereocenters. The molecule has 36 heavy (non-hydrogen) atoms. The molecule has 0 amide bonds. The third kappa shape index (κ3) is 9.80. The molecule has 0 atom stereocenters. The van der Waals surface area contributed by atoms with E-state index in [4.69, 9.17) is 0 Å². The standard InChI is InChI=1S/C19H23F.C8H11N.C7H14/c1-5-15-7-6-14(4)18(11-15)16-8-9-19(20)17(12-16)10-13(2)3;1-7(2)8-4-5-9(3)6-8;1-7-5-3-2-4-6-7/h6-9,11-13H,5,10H2,1-4H3;4-6H,1H2,2-3H3;7H,2-6H2,1H3. The molecule has 0 aliphatic heterocycles. The van der Waals surface area contributed by atoms with Crippen LogP contribution in [0, 0.1) is 24.6 Å². The number of allylic oxidation sites excluding steroid dienone is 1. The lowest BCUT2D eigenvalue weighted by Crippen LogP contribution is -1.99. The second-order valence-corrected chi connectivity index (χ2v) is 11.0. The van der Waals surface area contributed by atoms with E-state index in [0.717, 1.165) is 35.5 Å². The number of aromatic nitrogens is 1. The van der Waals surface area contributed by atoms with Gasteiger partial charge in [0.1, 0.15) is 5.82 Å². The summed E-state index contributed by atoms with van der Waals surface area (Å²) in [5.41, 5.74) is 8.06. The number of halogens is 1. The first kappa shape index (κ1) is 29.6. The normalized spacial score (nSPS) is 13.5. The first-order valence-electron chi connectivity index (χ1n) is 13.8. The SMILES string of the molecule is C=C(C)c1ccn(C)c1.CC1CCCCC1.CCc1ccc(C)c(-c2ccc(F)c(CC(C)C)c2)c1. The van der Waals surface area contributed by atoms with Crippen LogP contribution in [0.25, 0.3) is 16.7 Å². The average molecular weight is 490 g/mol. The Morgan fingerprint density at radius 3 is 2.22 bits per heavy atom. The second kappa shape index (κ2) is 14.8. The topological polar surface area (TPSA) is 4.93 Å². The Morgan fingerprint density at radius 2 is 1.75 bits per heavy atom. The van der Waals surface area contributed by atoms with E-state index in [0.29, 0.717) is 5.92 Å². The molecular weight excluding hydrogens is 441 g/mol. The van der Waals surface area contributed by atoms with Crippen LogP contribution in [0.15, 0.2) is 61.4 Å². The second-order valence-electron chi connectivity index (χ2n) is 11.0. The molecule has 0 bridgehead atoms.